The highest BCUT2D eigenvalue weighted by Crippen LogP contribution is 2.01. The van der Waals surface area contributed by atoms with Crippen LogP contribution in [-0.2, 0) is 4.79 Å². The van der Waals surface area contributed by atoms with Gasteiger partial charge in [-0.05, 0) is 21.1 Å². The number of carbonyl (C=O) groups is 1. The Hall–Kier alpha value is -0.650. The molecule has 0 saturated carbocycles. The predicted molar refractivity (Wildman–Crippen MR) is 74.7 cm³/mol. The third kappa shape index (κ3) is 5.80. The van der Waals surface area contributed by atoms with E-state index >= 15 is 0 Å². The maximum absolute atomic E-state index is 11.9. The summed E-state index contributed by atoms with van der Waals surface area (Å²) in [5, 5.41) is 0. The van der Waals surface area contributed by atoms with Gasteiger partial charge in [0.1, 0.15) is 0 Å². The van der Waals surface area contributed by atoms with Gasteiger partial charge >= 0.3 is 0 Å². The second-order valence-corrected chi connectivity index (χ2v) is 5.51. The second-order valence-electron chi connectivity index (χ2n) is 5.51. The molecule has 5 heteroatoms. The van der Waals surface area contributed by atoms with Crippen LogP contribution in [0.25, 0.3) is 0 Å². The number of rotatable bonds is 6. The van der Waals surface area contributed by atoms with E-state index in [4.69, 9.17) is 0 Å². The minimum atomic E-state index is 0.260. The molecular formula is C13H28N4O. The van der Waals surface area contributed by atoms with Crippen molar-refractivity contribution >= 4 is 5.91 Å². The van der Waals surface area contributed by atoms with Gasteiger partial charge in [0.25, 0.3) is 0 Å². The Bertz CT molecular complexity index is 249. The van der Waals surface area contributed by atoms with Crippen LogP contribution in [0.5, 0.6) is 0 Å². The predicted octanol–water partition coefficient (Wildman–Crippen LogP) is -0.356. The van der Waals surface area contributed by atoms with Gasteiger partial charge in [-0.2, -0.15) is 0 Å². The van der Waals surface area contributed by atoms with E-state index in [2.05, 4.69) is 21.7 Å². The lowest BCUT2D eigenvalue weighted by molar-refractivity contribution is -0.130. The molecule has 1 amide bonds. The number of nitrogens with zero attached hydrogens (tertiary/aromatic N) is 4. The molecule has 106 valence electrons. The zero-order chi connectivity index (χ0) is 13.5. The first-order valence-electron chi connectivity index (χ1n) is 6.78. The van der Waals surface area contributed by atoms with Crippen molar-refractivity contribution in [3.63, 3.8) is 0 Å². The van der Waals surface area contributed by atoms with Crippen LogP contribution in [0.15, 0.2) is 0 Å². The van der Waals surface area contributed by atoms with Crippen molar-refractivity contribution in [3.05, 3.63) is 0 Å². The van der Waals surface area contributed by atoms with Crippen molar-refractivity contribution in [2.75, 3.05) is 74.0 Å². The minimum absolute atomic E-state index is 0.260. The van der Waals surface area contributed by atoms with Crippen LogP contribution in [0.2, 0.25) is 0 Å². The normalized spacial score (nSPS) is 18.3. The number of hydrogen-bond donors (Lipinski definition) is 0. The molecule has 18 heavy (non-hydrogen) atoms. The number of carbonyl (C=O) groups excluding carboxylic acids is 1. The van der Waals surface area contributed by atoms with E-state index in [9.17, 15) is 4.79 Å². The van der Waals surface area contributed by atoms with E-state index in [1.165, 1.54) is 0 Å². The van der Waals surface area contributed by atoms with Crippen LogP contribution in [-0.4, -0.2) is 99.5 Å². The monoisotopic (exact) mass is 256 g/mol. The molecule has 0 aromatic carbocycles. The Morgan fingerprint density at radius 2 is 1.67 bits per heavy atom. The fourth-order valence-electron chi connectivity index (χ4n) is 1.99. The summed E-state index contributed by atoms with van der Waals surface area (Å²) in [6, 6.07) is 0. The number of amides is 1. The zero-order valence-corrected chi connectivity index (χ0v) is 12.4. The molecule has 0 N–H and O–H groups in total. The molecule has 1 saturated heterocycles. The van der Waals surface area contributed by atoms with E-state index < -0.39 is 0 Å². The Morgan fingerprint density at radius 1 is 1.06 bits per heavy atom. The first kappa shape index (κ1) is 15.4. The lowest BCUT2D eigenvalue weighted by atomic mass is 10.3. The first-order chi connectivity index (χ1) is 8.49. The van der Waals surface area contributed by atoms with Gasteiger partial charge in [0.2, 0.25) is 5.91 Å². The summed E-state index contributed by atoms with van der Waals surface area (Å²) in [6.07, 6.45) is 0.646. The van der Waals surface area contributed by atoms with Gasteiger partial charge in [-0.3, -0.25) is 4.79 Å². The van der Waals surface area contributed by atoms with E-state index in [1.807, 2.05) is 26.0 Å². The first-order valence-corrected chi connectivity index (χ1v) is 6.78. The molecule has 1 fully saturated rings. The summed E-state index contributed by atoms with van der Waals surface area (Å²) < 4.78 is 0. The molecule has 0 aromatic heterocycles. The summed E-state index contributed by atoms with van der Waals surface area (Å²) >= 11 is 0. The van der Waals surface area contributed by atoms with Gasteiger partial charge in [-0.15, -0.1) is 0 Å². The maximum Gasteiger partial charge on any atom is 0.223 e. The topological polar surface area (TPSA) is 30.0 Å². The van der Waals surface area contributed by atoms with E-state index in [0.29, 0.717) is 6.42 Å². The van der Waals surface area contributed by atoms with Gasteiger partial charge in [0.15, 0.2) is 0 Å². The Balaban J connectivity index is 2.16. The summed E-state index contributed by atoms with van der Waals surface area (Å²) in [5.74, 6) is 0.260. The van der Waals surface area contributed by atoms with Crippen molar-refractivity contribution < 1.29 is 4.79 Å². The smallest absolute Gasteiger partial charge is 0.223 e. The summed E-state index contributed by atoms with van der Waals surface area (Å²) in [7, 11) is 8.11. The number of likely N-dealkylation sites (N-methyl/N-ethyl adjacent to an activating group) is 3. The number of piperazine rings is 1. The molecule has 1 aliphatic heterocycles. The third-order valence-electron chi connectivity index (χ3n) is 3.55. The quantitative estimate of drug-likeness (QED) is 0.649. The Kier molecular flexibility index (Phi) is 6.60. The van der Waals surface area contributed by atoms with Gasteiger partial charge in [-0.25, -0.2) is 0 Å². The molecule has 1 aliphatic rings. The van der Waals surface area contributed by atoms with Crippen molar-refractivity contribution in [2.24, 2.45) is 0 Å². The molecule has 0 unspecified atom stereocenters. The summed E-state index contributed by atoms with van der Waals surface area (Å²) in [6.45, 7) is 7.05. The average Bonchev–Trinajstić information content (AvgIpc) is 2.34. The van der Waals surface area contributed by atoms with Gasteiger partial charge in [0.05, 0.1) is 0 Å². The van der Waals surface area contributed by atoms with Crippen molar-refractivity contribution in [1.29, 1.82) is 0 Å². The van der Waals surface area contributed by atoms with Gasteiger partial charge < -0.3 is 19.6 Å². The minimum Gasteiger partial charge on any atom is -0.344 e. The number of hydrogen-bond acceptors (Lipinski definition) is 4. The lowest BCUT2D eigenvalue weighted by Gasteiger charge is -2.32. The molecule has 0 spiro atoms. The average molecular weight is 256 g/mol. The van der Waals surface area contributed by atoms with E-state index in [0.717, 1.165) is 45.8 Å². The highest BCUT2D eigenvalue weighted by molar-refractivity contribution is 5.76. The second kappa shape index (κ2) is 7.71. The standard InChI is InChI=1S/C13H28N4O/c1-14(2)7-10-16(4)13(18)5-6-17-11-8-15(3)9-12-17/h5-12H2,1-4H3. The lowest BCUT2D eigenvalue weighted by Crippen LogP contribution is -2.45. The molecule has 5 nitrogen and oxygen atoms in total. The van der Waals surface area contributed by atoms with Crippen LogP contribution in [0.4, 0.5) is 0 Å². The highest BCUT2D eigenvalue weighted by atomic mass is 16.2. The SMILES string of the molecule is CN(C)CCN(C)C(=O)CCN1CCN(C)CC1. The Labute approximate surface area is 111 Å². The molecule has 0 aliphatic carbocycles. The van der Waals surface area contributed by atoms with Crippen LogP contribution in [0, 0.1) is 0 Å². The molecule has 1 rings (SSSR count). The zero-order valence-electron chi connectivity index (χ0n) is 12.4. The van der Waals surface area contributed by atoms with Crippen LogP contribution in [0.3, 0.4) is 0 Å². The molecule has 0 radical (unpaired) electrons. The third-order valence-corrected chi connectivity index (χ3v) is 3.55. The summed E-state index contributed by atoms with van der Waals surface area (Å²) in [4.78, 5) is 20.6. The Morgan fingerprint density at radius 3 is 2.22 bits per heavy atom. The van der Waals surface area contributed by atoms with Crippen molar-refractivity contribution in [3.8, 4) is 0 Å². The fourth-order valence-corrected chi connectivity index (χ4v) is 1.99. The largest absolute Gasteiger partial charge is 0.344 e. The van der Waals surface area contributed by atoms with E-state index in [1.54, 1.807) is 0 Å². The van der Waals surface area contributed by atoms with Crippen LogP contribution >= 0.6 is 0 Å². The summed E-state index contributed by atoms with van der Waals surface area (Å²) in [5.41, 5.74) is 0. The molecule has 0 aromatic rings. The van der Waals surface area contributed by atoms with Crippen molar-refractivity contribution in [2.45, 2.75) is 6.42 Å². The van der Waals surface area contributed by atoms with Gasteiger partial charge in [-0.1, -0.05) is 0 Å². The molecule has 0 bridgehead atoms. The fraction of sp³-hybridized carbons (Fsp3) is 0.923. The van der Waals surface area contributed by atoms with Crippen LogP contribution in [0.1, 0.15) is 6.42 Å². The molecular weight excluding hydrogens is 228 g/mol. The molecule has 0 atom stereocenters. The maximum atomic E-state index is 11.9. The van der Waals surface area contributed by atoms with Gasteiger partial charge in [0, 0.05) is 59.3 Å². The van der Waals surface area contributed by atoms with Crippen molar-refractivity contribution in [1.82, 2.24) is 19.6 Å². The molecule has 1 heterocycles. The van der Waals surface area contributed by atoms with E-state index in [-0.39, 0.29) is 5.91 Å². The van der Waals surface area contributed by atoms with Crippen LogP contribution < -0.4 is 0 Å². The highest BCUT2D eigenvalue weighted by Gasteiger charge is 2.16.